The molecule has 0 radical (unpaired) electrons. The molecule has 0 bridgehead atoms. The van der Waals surface area contributed by atoms with Gasteiger partial charge in [-0.2, -0.15) is 5.10 Å². The number of halogens is 1. The summed E-state index contributed by atoms with van der Waals surface area (Å²) >= 11 is 3.23. The molecule has 0 saturated heterocycles. The average Bonchev–Trinajstić information content (AvgIpc) is 2.93. The Labute approximate surface area is 161 Å². The van der Waals surface area contributed by atoms with Crippen molar-refractivity contribution in [2.75, 3.05) is 17.7 Å². The fourth-order valence-electron chi connectivity index (χ4n) is 2.41. The van der Waals surface area contributed by atoms with Gasteiger partial charge in [0.05, 0.1) is 7.11 Å². The number of nitrogens with zero attached hydrogens (tertiary/aromatic N) is 4. The van der Waals surface area contributed by atoms with E-state index in [2.05, 4.69) is 41.4 Å². The zero-order valence-electron chi connectivity index (χ0n) is 14.4. The largest absolute Gasteiger partial charge is 0.453 e. The molecule has 0 aliphatic rings. The van der Waals surface area contributed by atoms with E-state index in [-0.39, 0.29) is 12.1 Å². The summed E-state index contributed by atoms with van der Waals surface area (Å²) in [5.74, 6) is -0.396. The van der Waals surface area contributed by atoms with Crippen LogP contribution in [0.15, 0.2) is 40.0 Å². The number of aryl methyl sites for hydroxylation is 1. The van der Waals surface area contributed by atoms with Gasteiger partial charge in [0.1, 0.15) is 22.9 Å². The van der Waals surface area contributed by atoms with Crippen LogP contribution in [0.25, 0.3) is 11.0 Å². The Morgan fingerprint density at radius 1 is 1.19 bits per heavy atom. The molecule has 2 amide bonds. The van der Waals surface area contributed by atoms with Gasteiger partial charge in [0.25, 0.3) is 5.56 Å². The first-order chi connectivity index (χ1) is 12.9. The number of amides is 2. The van der Waals surface area contributed by atoms with Crippen molar-refractivity contribution in [1.82, 2.24) is 19.3 Å². The van der Waals surface area contributed by atoms with Crippen molar-refractivity contribution in [3.63, 3.8) is 0 Å². The van der Waals surface area contributed by atoms with Crippen LogP contribution in [0.3, 0.4) is 0 Å². The van der Waals surface area contributed by atoms with E-state index in [1.54, 1.807) is 31.3 Å². The molecule has 0 aliphatic heterocycles. The molecule has 10 nitrogen and oxygen atoms in total. The Kier molecular flexibility index (Phi) is 5.21. The molecule has 11 heteroatoms. The summed E-state index contributed by atoms with van der Waals surface area (Å²) in [6.07, 6.45) is 0.720. The van der Waals surface area contributed by atoms with E-state index in [9.17, 15) is 14.4 Å². The number of aromatic nitrogens is 4. The number of methoxy groups -OCH3 is 1. The Bertz CT molecular complexity index is 1070. The van der Waals surface area contributed by atoms with Crippen LogP contribution in [-0.2, 0) is 23.1 Å². The highest BCUT2D eigenvalue weighted by atomic mass is 79.9. The Morgan fingerprint density at radius 3 is 2.44 bits per heavy atom. The first kappa shape index (κ1) is 18.6. The molecule has 0 atom stereocenters. The van der Waals surface area contributed by atoms with E-state index in [0.29, 0.717) is 27.0 Å². The van der Waals surface area contributed by atoms with Crippen LogP contribution < -0.4 is 16.2 Å². The molecule has 0 saturated carbocycles. The normalized spacial score (nSPS) is 10.6. The topological polar surface area (TPSA) is 120 Å². The number of benzene rings is 1. The van der Waals surface area contributed by atoms with Gasteiger partial charge in [0, 0.05) is 18.4 Å². The van der Waals surface area contributed by atoms with Crippen LogP contribution in [0.2, 0.25) is 0 Å². The van der Waals surface area contributed by atoms with Gasteiger partial charge in [-0.25, -0.2) is 14.5 Å². The minimum atomic E-state index is -0.587. The number of hydrogen-bond acceptors (Lipinski definition) is 6. The Balaban J connectivity index is 1.72. The van der Waals surface area contributed by atoms with Gasteiger partial charge >= 0.3 is 6.09 Å². The molecular weight excluding hydrogens is 420 g/mol. The molecule has 3 rings (SSSR count). The number of carbonyl (C=O) groups is 2. The Hall–Kier alpha value is -3.21. The van der Waals surface area contributed by atoms with Crippen molar-refractivity contribution in [3.8, 4) is 0 Å². The first-order valence-corrected chi connectivity index (χ1v) is 8.51. The highest BCUT2D eigenvalue weighted by Gasteiger charge is 2.15. The van der Waals surface area contributed by atoms with Crippen LogP contribution in [0, 0.1) is 0 Å². The highest BCUT2D eigenvalue weighted by Crippen LogP contribution is 2.17. The molecule has 1 aromatic carbocycles. The van der Waals surface area contributed by atoms with Crippen molar-refractivity contribution < 1.29 is 14.3 Å². The number of nitrogens with one attached hydrogen (secondary N) is 2. The molecular formula is C16H15BrN6O4. The lowest BCUT2D eigenvalue weighted by Crippen LogP contribution is -2.28. The van der Waals surface area contributed by atoms with Crippen molar-refractivity contribution in [1.29, 1.82) is 0 Å². The third kappa shape index (κ3) is 3.97. The number of rotatable bonds is 4. The third-order valence-electron chi connectivity index (χ3n) is 3.68. The summed E-state index contributed by atoms with van der Waals surface area (Å²) in [7, 11) is 2.94. The predicted octanol–water partition coefficient (Wildman–Crippen LogP) is 1.71. The molecule has 0 spiro atoms. The summed E-state index contributed by atoms with van der Waals surface area (Å²) in [4.78, 5) is 40.1. The van der Waals surface area contributed by atoms with Crippen molar-refractivity contribution in [2.24, 2.45) is 7.05 Å². The van der Waals surface area contributed by atoms with Gasteiger partial charge in [-0.05, 0) is 40.2 Å². The lowest BCUT2D eigenvalue weighted by molar-refractivity contribution is -0.116. The number of carbonyl (C=O) groups excluding carboxylic acids is 2. The summed E-state index contributed by atoms with van der Waals surface area (Å²) in [5.41, 5.74) is 1.09. The van der Waals surface area contributed by atoms with Gasteiger partial charge in [-0.15, -0.1) is 0 Å². The molecule has 0 unspecified atom stereocenters. The van der Waals surface area contributed by atoms with Crippen LogP contribution in [0.1, 0.15) is 0 Å². The fraction of sp³-hybridized carbons (Fsp3) is 0.188. The quantitative estimate of drug-likeness (QED) is 0.644. The smallest absolute Gasteiger partial charge is 0.411 e. The van der Waals surface area contributed by atoms with E-state index in [1.807, 2.05) is 0 Å². The maximum Gasteiger partial charge on any atom is 0.411 e. The third-order valence-corrected chi connectivity index (χ3v) is 4.24. The minimum absolute atomic E-state index is 0.203. The van der Waals surface area contributed by atoms with E-state index < -0.39 is 12.0 Å². The standard InChI is InChI=1S/C16H15BrN6O4/c1-22-14-12(13(17)21-22)15(25)23(8-18-14)7-11(24)19-9-3-5-10(6-4-9)20-16(26)27-2/h3-6,8H,7H2,1-2H3,(H,19,24)(H,20,26). The maximum atomic E-state index is 12.5. The van der Waals surface area contributed by atoms with E-state index in [1.165, 1.54) is 22.7 Å². The maximum absolute atomic E-state index is 12.5. The second-order valence-corrected chi connectivity index (χ2v) is 6.28. The van der Waals surface area contributed by atoms with Crippen molar-refractivity contribution in [3.05, 3.63) is 45.5 Å². The Morgan fingerprint density at radius 2 is 1.81 bits per heavy atom. The van der Waals surface area contributed by atoms with Gasteiger partial charge in [0.15, 0.2) is 5.65 Å². The lowest BCUT2D eigenvalue weighted by atomic mass is 10.3. The summed E-state index contributed by atoms with van der Waals surface area (Å²) in [5, 5.41) is 9.58. The first-order valence-electron chi connectivity index (χ1n) is 7.71. The zero-order chi connectivity index (χ0) is 19.6. The van der Waals surface area contributed by atoms with Gasteiger partial charge in [0.2, 0.25) is 5.91 Å². The number of ether oxygens (including phenoxy) is 1. The summed E-state index contributed by atoms with van der Waals surface area (Å²) in [6.45, 7) is -0.203. The van der Waals surface area contributed by atoms with Gasteiger partial charge in [-0.1, -0.05) is 0 Å². The molecule has 3 aromatic rings. The second-order valence-electron chi connectivity index (χ2n) is 5.53. The van der Waals surface area contributed by atoms with Crippen LogP contribution in [0.5, 0.6) is 0 Å². The fourth-order valence-corrected chi connectivity index (χ4v) is 2.99. The monoisotopic (exact) mass is 434 g/mol. The van der Waals surface area contributed by atoms with Crippen molar-refractivity contribution >= 4 is 50.3 Å². The van der Waals surface area contributed by atoms with Crippen molar-refractivity contribution in [2.45, 2.75) is 6.54 Å². The minimum Gasteiger partial charge on any atom is -0.453 e. The van der Waals surface area contributed by atoms with Crippen LogP contribution in [-0.4, -0.2) is 38.4 Å². The van der Waals surface area contributed by atoms with E-state index in [4.69, 9.17) is 0 Å². The molecule has 27 heavy (non-hydrogen) atoms. The van der Waals surface area contributed by atoms with E-state index in [0.717, 1.165) is 0 Å². The molecule has 0 aliphatic carbocycles. The number of hydrogen-bond donors (Lipinski definition) is 2. The summed E-state index contributed by atoms with van der Waals surface area (Å²) in [6, 6.07) is 6.45. The number of fused-ring (bicyclic) bond motifs is 1. The molecule has 2 aromatic heterocycles. The number of anilines is 2. The molecule has 140 valence electrons. The summed E-state index contributed by atoms with van der Waals surface area (Å²) < 4.78 is 7.56. The predicted molar refractivity (Wildman–Crippen MR) is 102 cm³/mol. The molecule has 2 heterocycles. The van der Waals surface area contributed by atoms with Crippen LogP contribution in [0.4, 0.5) is 16.2 Å². The molecule has 0 fully saturated rings. The highest BCUT2D eigenvalue weighted by molar-refractivity contribution is 9.10. The second kappa shape index (κ2) is 7.58. The average molecular weight is 435 g/mol. The lowest BCUT2D eigenvalue weighted by Gasteiger charge is -2.08. The van der Waals surface area contributed by atoms with Crippen LogP contribution >= 0.6 is 15.9 Å². The zero-order valence-corrected chi connectivity index (χ0v) is 16.0. The van der Waals surface area contributed by atoms with E-state index >= 15 is 0 Å². The van der Waals surface area contributed by atoms with Gasteiger partial charge in [-0.3, -0.25) is 19.5 Å². The SMILES string of the molecule is COC(=O)Nc1ccc(NC(=O)Cn2cnc3c(c(Br)nn3C)c2=O)cc1. The molecule has 2 N–H and O–H groups in total. The van der Waals surface area contributed by atoms with Gasteiger partial charge < -0.3 is 10.1 Å².